The van der Waals surface area contributed by atoms with Crippen molar-refractivity contribution in [3.05, 3.63) is 76.9 Å². The average Bonchev–Trinajstić information content (AvgIpc) is 3.00. The summed E-state index contributed by atoms with van der Waals surface area (Å²) in [6.45, 7) is 4.46. The van der Waals surface area contributed by atoms with Gasteiger partial charge in [0.15, 0.2) is 0 Å². The predicted molar refractivity (Wildman–Crippen MR) is 88.7 cm³/mol. The summed E-state index contributed by atoms with van der Waals surface area (Å²) in [5, 5.41) is 3.85. The number of allylic oxidation sites excluding steroid dienone is 2. The fourth-order valence-corrected chi connectivity index (χ4v) is 4.03. The smallest absolute Gasteiger partial charge is 0.0554 e. The molecule has 2 aliphatic rings. The molecule has 1 heterocycles. The van der Waals surface area contributed by atoms with E-state index in [9.17, 15) is 0 Å². The lowest BCUT2D eigenvalue weighted by molar-refractivity contribution is 0.424. The van der Waals surface area contributed by atoms with Crippen LogP contribution < -0.4 is 5.32 Å². The van der Waals surface area contributed by atoms with Crippen LogP contribution in [0.4, 0.5) is 5.69 Å². The van der Waals surface area contributed by atoms with E-state index < -0.39 is 0 Å². The maximum absolute atomic E-state index is 3.85. The molecule has 1 nitrogen and oxygen atoms in total. The molecule has 0 amide bonds. The van der Waals surface area contributed by atoms with Crippen molar-refractivity contribution in [3.8, 4) is 0 Å². The fourth-order valence-electron chi connectivity index (χ4n) is 4.03. The largest absolute Gasteiger partial charge is 0.377 e. The van der Waals surface area contributed by atoms with Crippen molar-refractivity contribution in [1.82, 2.24) is 0 Å². The van der Waals surface area contributed by atoms with E-state index in [1.807, 2.05) is 0 Å². The first kappa shape index (κ1) is 12.7. The lowest BCUT2D eigenvalue weighted by atomic mass is 9.75. The molecule has 0 fully saturated rings. The van der Waals surface area contributed by atoms with Crippen molar-refractivity contribution in [2.75, 3.05) is 5.32 Å². The van der Waals surface area contributed by atoms with Gasteiger partial charge in [-0.3, -0.25) is 0 Å². The molecule has 21 heavy (non-hydrogen) atoms. The second kappa shape index (κ2) is 4.77. The van der Waals surface area contributed by atoms with E-state index in [-0.39, 0.29) is 0 Å². The highest BCUT2D eigenvalue weighted by Crippen LogP contribution is 2.51. The van der Waals surface area contributed by atoms with E-state index in [1.165, 1.54) is 34.4 Å². The topological polar surface area (TPSA) is 12.0 Å². The predicted octanol–water partition coefficient (Wildman–Crippen LogP) is 5.13. The molecule has 1 aliphatic carbocycles. The molecule has 1 heteroatoms. The third-order valence-electron chi connectivity index (χ3n) is 5.10. The summed E-state index contributed by atoms with van der Waals surface area (Å²) in [7, 11) is 0. The highest BCUT2D eigenvalue weighted by atomic mass is 15.0. The zero-order chi connectivity index (χ0) is 14.4. The Balaban J connectivity index is 1.86. The number of aryl methyl sites for hydroxylation is 2. The third-order valence-corrected chi connectivity index (χ3v) is 5.10. The van der Waals surface area contributed by atoms with Crippen LogP contribution in [0, 0.1) is 19.8 Å². The van der Waals surface area contributed by atoms with Crippen LogP contribution in [0.15, 0.2) is 54.6 Å². The molecule has 0 saturated heterocycles. The maximum Gasteiger partial charge on any atom is 0.0554 e. The van der Waals surface area contributed by atoms with Gasteiger partial charge in [0.25, 0.3) is 0 Å². The van der Waals surface area contributed by atoms with Gasteiger partial charge in [0.05, 0.1) is 6.04 Å². The molecule has 0 unspecified atom stereocenters. The molecule has 0 bridgehead atoms. The van der Waals surface area contributed by atoms with Crippen molar-refractivity contribution in [1.29, 1.82) is 0 Å². The fraction of sp³-hybridized carbons (Fsp3) is 0.300. The highest BCUT2D eigenvalue weighted by molar-refractivity contribution is 5.66. The molecule has 1 aliphatic heterocycles. The van der Waals surface area contributed by atoms with E-state index in [4.69, 9.17) is 0 Å². The number of nitrogens with one attached hydrogen (secondary N) is 1. The normalized spacial score (nSPS) is 26.1. The molecule has 4 rings (SSSR count). The number of benzene rings is 2. The summed E-state index contributed by atoms with van der Waals surface area (Å²) in [6, 6.07) is 15.8. The number of hydrogen-bond donors (Lipinski definition) is 1. The Bertz CT molecular complexity index is 699. The van der Waals surface area contributed by atoms with Gasteiger partial charge in [0.1, 0.15) is 0 Å². The zero-order valence-electron chi connectivity index (χ0n) is 12.6. The van der Waals surface area contributed by atoms with E-state index in [2.05, 4.69) is 73.8 Å². The molecular formula is C20H21N. The minimum absolute atomic E-state index is 0.416. The van der Waals surface area contributed by atoms with Gasteiger partial charge in [-0.05, 0) is 48.4 Å². The van der Waals surface area contributed by atoms with Crippen molar-refractivity contribution < 1.29 is 0 Å². The van der Waals surface area contributed by atoms with E-state index in [0.717, 1.165) is 0 Å². The Morgan fingerprint density at radius 3 is 2.52 bits per heavy atom. The van der Waals surface area contributed by atoms with Crippen molar-refractivity contribution in [2.45, 2.75) is 32.2 Å². The minimum atomic E-state index is 0.416. The molecule has 0 saturated carbocycles. The summed E-state index contributed by atoms with van der Waals surface area (Å²) in [5.74, 6) is 1.20. The quantitative estimate of drug-likeness (QED) is 0.711. The molecular weight excluding hydrogens is 254 g/mol. The van der Waals surface area contributed by atoms with Crippen LogP contribution in [-0.4, -0.2) is 0 Å². The molecule has 2 aromatic carbocycles. The second-order valence-electron chi connectivity index (χ2n) is 6.37. The SMILES string of the molecule is Cc1ccc(C)c2c1N[C@H](c1ccccc1)[C@H]1CC=C[C@H]21. The van der Waals surface area contributed by atoms with Gasteiger partial charge >= 0.3 is 0 Å². The number of anilines is 1. The summed E-state index contributed by atoms with van der Waals surface area (Å²) in [4.78, 5) is 0. The zero-order valence-corrected chi connectivity index (χ0v) is 12.6. The van der Waals surface area contributed by atoms with Crippen LogP contribution in [0.3, 0.4) is 0 Å². The minimum Gasteiger partial charge on any atom is -0.377 e. The third kappa shape index (κ3) is 1.91. The van der Waals surface area contributed by atoms with Crippen LogP contribution >= 0.6 is 0 Å². The molecule has 1 N–H and O–H groups in total. The summed E-state index contributed by atoms with van der Waals surface area (Å²) in [5.41, 5.74) is 7.05. The molecule has 106 valence electrons. The first-order valence-electron chi connectivity index (χ1n) is 7.84. The lowest BCUT2D eigenvalue weighted by Crippen LogP contribution is -2.30. The van der Waals surface area contributed by atoms with Gasteiger partial charge in [0, 0.05) is 11.6 Å². The Kier molecular flexibility index (Phi) is 2.88. The first-order valence-corrected chi connectivity index (χ1v) is 7.84. The monoisotopic (exact) mass is 275 g/mol. The Hall–Kier alpha value is -2.02. The average molecular weight is 275 g/mol. The number of hydrogen-bond acceptors (Lipinski definition) is 1. The van der Waals surface area contributed by atoms with Gasteiger partial charge in [-0.25, -0.2) is 0 Å². The number of rotatable bonds is 1. The van der Waals surface area contributed by atoms with Gasteiger partial charge in [0.2, 0.25) is 0 Å². The maximum atomic E-state index is 3.85. The Labute approximate surface area is 126 Å². The van der Waals surface area contributed by atoms with Gasteiger partial charge < -0.3 is 5.32 Å². The van der Waals surface area contributed by atoms with Crippen LogP contribution in [0.5, 0.6) is 0 Å². The van der Waals surface area contributed by atoms with Crippen molar-refractivity contribution >= 4 is 5.69 Å². The first-order chi connectivity index (χ1) is 10.3. The lowest BCUT2D eigenvalue weighted by Gasteiger charge is -2.39. The standard InChI is InChI=1S/C20H21N/c1-13-11-12-14(2)19-18(13)16-9-6-10-17(16)20(21-19)15-7-4-3-5-8-15/h3-9,11-12,16-17,20-21H,10H2,1-2H3/t16-,17-,20+/m0/s1. The Morgan fingerprint density at radius 2 is 1.71 bits per heavy atom. The van der Waals surface area contributed by atoms with E-state index >= 15 is 0 Å². The molecule has 0 radical (unpaired) electrons. The van der Waals surface area contributed by atoms with Crippen LogP contribution in [0.1, 0.15) is 40.6 Å². The van der Waals surface area contributed by atoms with Gasteiger partial charge in [-0.2, -0.15) is 0 Å². The summed E-state index contributed by atoms with van der Waals surface area (Å²) in [6.07, 6.45) is 5.96. The summed E-state index contributed by atoms with van der Waals surface area (Å²) < 4.78 is 0. The number of fused-ring (bicyclic) bond motifs is 3. The van der Waals surface area contributed by atoms with Crippen molar-refractivity contribution in [2.24, 2.45) is 5.92 Å². The van der Waals surface area contributed by atoms with E-state index in [0.29, 0.717) is 17.9 Å². The van der Waals surface area contributed by atoms with Crippen molar-refractivity contribution in [3.63, 3.8) is 0 Å². The van der Waals surface area contributed by atoms with Gasteiger partial charge in [-0.15, -0.1) is 0 Å². The van der Waals surface area contributed by atoms with Crippen LogP contribution in [0.25, 0.3) is 0 Å². The molecule has 0 aromatic heterocycles. The second-order valence-corrected chi connectivity index (χ2v) is 6.37. The van der Waals surface area contributed by atoms with Crippen LogP contribution in [0.2, 0.25) is 0 Å². The summed E-state index contributed by atoms with van der Waals surface area (Å²) >= 11 is 0. The van der Waals surface area contributed by atoms with Crippen LogP contribution in [-0.2, 0) is 0 Å². The highest BCUT2D eigenvalue weighted by Gasteiger charge is 2.38. The van der Waals surface area contributed by atoms with E-state index in [1.54, 1.807) is 0 Å². The Morgan fingerprint density at radius 1 is 0.952 bits per heavy atom. The van der Waals surface area contributed by atoms with Gasteiger partial charge in [-0.1, -0.05) is 54.6 Å². The molecule has 0 spiro atoms. The molecule has 2 aromatic rings. The molecule has 3 atom stereocenters.